The first-order chi connectivity index (χ1) is 9.33. The average Bonchev–Trinajstić information content (AvgIpc) is 2.48. The molecule has 2 aliphatic heterocycles. The SMILES string of the molecule is O=C1CCCN(c2ccc(N3CCOCC3)cc2)N1. The number of ether oxygens (including phenoxy) is 1. The van der Waals surface area contributed by atoms with E-state index in [-0.39, 0.29) is 5.91 Å². The van der Waals surface area contributed by atoms with E-state index >= 15 is 0 Å². The minimum absolute atomic E-state index is 0.100. The molecule has 2 heterocycles. The highest BCUT2D eigenvalue weighted by molar-refractivity contribution is 5.79. The first-order valence-corrected chi connectivity index (χ1v) is 6.83. The summed E-state index contributed by atoms with van der Waals surface area (Å²) >= 11 is 0. The molecular weight excluding hydrogens is 242 g/mol. The first kappa shape index (κ1) is 12.3. The molecule has 2 aliphatic rings. The minimum atomic E-state index is 0.100. The number of nitrogens with zero attached hydrogens (tertiary/aromatic N) is 2. The van der Waals surface area contributed by atoms with Gasteiger partial charge in [0.2, 0.25) is 5.91 Å². The Labute approximate surface area is 113 Å². The van der Waals surface area contributed by atoms with Crippen LogP contribution in [-0.2, 0) is 9.53 Å². The molecule has 1 aromatic rings. The maximum absolute atomic E-state index is 11.4. The fourth-order valence-corrected chi connectivity index (χ4v) is 2.52. The van der Waals surface area contributed by atoms with Crippen molar-refractivity contribution in [1.82, 2.24) is 5.43 Å². The molecule has 102 valence electrons. The zero-order chi connectivity index (χ0) is 13.1. The zero-order valence-corrected chi connectivity index (χ0v) is 11.0. The van der Waals surface area contributed by atoms with E-state index < -0.39 is 0 Å². The van der Waals surface area contributed by atoms with Crippen LogP contribution in [0.5, 0.6) is 0 Å². The van der Waals surface area contributed by atoms with E-state index in [1.807, 2.05) is 5.01 Å². The van der Waals surface area contributed by atoms with Crippen molar-refractivity contribution < 1.29 is 9.53 Å². The standard InChI is InChI=1S/C14H19N3O2/c18-14-2-1-7-17(15-14)13-5-3-12(4-6-13)16-8-10-19-11-9-16/h3-6H,1-2,7-11H2,(H,15,18). The zero-order valence-electron chi connectivity index (χ0n) is 11.0. The van der Waals surface area contributed by atoms with E-state index in [9.17, 15) is 4.79 Å². The van der Waals surface area contributed by atoms with Gasteiger partial charge in [0.05, 0.1) is 18.9 Å². The first-order valence-electron chi connectivity index (χ1n) is 6.83. The van der Waals surface area contributed by atoms with E-state index in [4.69, 9.17) is 4.74 Å². The summed E-state index contributed by atoms with van der Waals surface area (Å²) in [5, 5.41) is 1.93. The number of carbonyl (C=O) groups is 1. The molecule has 0 saturated carbocycles. The molecule has 1 N–H and O–H groups in total. The normalized spacial score (nSPS) is 20.3. The third-order valence-corrected chi connectivity index (χ3v) is 3.58. The van der Waals surface area contributed by atoms with Gasteiger partial charge < -0.3 is 9.64 Å². The molecule has 19 heavy (non-hydrogen) atoms. The lowest BCUT2D eigenvalue weighted by Gasteiger charge is -2.31. The van der Waals surface area contributed by atoms with Crippen LogP contribution < -0.4 is 15.3 Å². The predicted molar refractivity (Wildman–Crippen MR) is 74.2 cm³/mol. The van der Waals surface area contributed by atoms with Crippen molar-refractivity contribution in [1.29, 1.82) is 0 Å². The molecule has 2 saturated heterocycles. The van der Waals surface area contributed by atoms with Crippen LogP contribution in [0.25, 0.3) is 0 Å². The molecule has 5 heteroatoms. The highest BCUT2D eigenvalue weighted by Crippen LogP contribution is 2.22. The van der Waals surface area contributed by atoms with Crippen molar-refractivity contribution >= 4 is 17.3 Å². The van der Waals surface area contributed by atoms with Crippen molar-refractivity contribution in [3.63, 3.8) is 0 Å². The number of carbonyl (C=O) groups excluding carboxylic acids is 1. The molecule has 2 fully saturated rings. The van der Waals surface area contributed by atoms with Crippen LogP contribution >= 0.6 is 0 Å². The number of rotatable bonds is 2. The molecule has 3 rings (SSSR count). The second kappa shape index (κ2) is 5.48. The number of anilines is 2. The van der Waals surface area contributed by atoms with Crippen LogP contribution in [0.4, 0.5) is 11.4 Å². The maximum Gasteiger partial charge on any atom is 0.238 e. The number of amides is 1. The smallest absolute Gasteiger partial charge is 0.238 e. The fourth-order valence-electron chi connectivity index (χ4n) is 2.52. The van der Waals surface area contributed by atoms with Gasteiger partial charge in [-0.15, -0.1) is 0 Å². The van der Waals surface area contributed by atoms with E-state index in [1.54, 1.807) is 0 Å². The van der Waals surface area contributed by atoms with Crippen LogP contribution in [0.1, 0.15) is 12.8 Å². The monoisotopic (exact) mass is 261 g/mol. The van der Waals surface area contributed by atoms with Gasteiger partial charge in [-0.2, -0.15) is 0 Å². The number of hydrazine groups is 1. The van der Waals surface area contributed by atoms with Crippen molar-refractivity contribution in [2.75, 3.05) is 42.8 Å². The molecule has 0 aromatic heterocycles. The van der Waals surface area contributed by atoms with Gasteiger partial charge in [0.1, 0.15) is 0 Å². The summed E-state index contributed by atoms with van der Waals surface area (Å²) < 4.78 is 5.35. The molecule has 1 aromatic carbocycles. The Morgan fingerprint density at radius 3 is 2.37 bits per heavy atom. The minimum Gasteiger partial charge on any atom is -0.378 e. The summed E-state index contributed by atoms with van der Waals surface area (Å²) in [4.78, 5) is 13.7. The number of hydrogen-bond acceptors (Lipinski definition) is 4. The van der Waals surface area contributed by atoms with Crippen LogP contribution in [0.2, 0.25) is 0 Å². The summed E-state index contributed by atoms with van der Waals surface area (Å²) in [5.41, 5.74) is 5.16. The number of nitrogens with one attached hydrogen (secondary N) is 1. The van der Waals surface area contributed by atoms with Crippen molar-refractivity contribution in [2.45, 2.75) is 12.8 Å². The maximum atomic E-state index is 11.4. The van der Waals surface area contributed by atoms with E-state index in [0.717, 1.165) is 45.0 Å². The molecule has 5 nitrogen and oxygen atoms in total. The Morgan fingerprint density at radius 1 is 1.00 bits per heavy atom. The molecule has 1 amide bonds. The number of hydrogen-bond donors (Lipinski definition) is 1. The molecule has 0 radical (unpaired) electrons. The topological polar surface area (TPSA) is 44.8 Å². The lowest BCUT2D eigenvalue weighted by molar-refractivity contribution is -0.122. The van der Waals surface area contributed by atoms with E-state index in [1.165, 1.54) is 5.69 Å². The number of morpholine rings is 1. The van der Waals surface area contributed by atoms with Gasteiger partial charge in [0.25, 0.3) is 0 Å². The Morgan fingerprint density at radius 2 is 1.68 bits per heavy atom. The second-order valence-corrected chi connectivity index (χ2v) is 4.91. The van der Waals surface area contributed by atoms with E-state index in [2.05, 4.69) is 34.6 Å². The van der Waals surface area contributed by atoms with Gasteiger partial charge in [-0.25, -0.2) is 0 Å². The average molecular weight is 261 g/mol. The van der Waals surface area contributed by atoms with E-state index in [0.29, 0.717) is 6.42 Å². The van der Waals surface area contributed by atoms with Gasteiger partial charge >= 0.3 is 0 Å². The van der Waals surface area contributed by atoms with Gasteiger partial charge in [-0.3, -0.25) is 15.2 Å². The summed E-state index contributed by atoms with van der Waals surface area (Å²) in [6, 6.07) is 8.36. The van der Waals surface area contributed by atoms with Gasteiger partial charge in [-0.1, -0.05) is 0 Å². The Balaban J connectivity index is 1.69. The lowest BCUT2D eigenvalue weighted by atomic mass is 10.2. The molecule has 0 atom stereocenters. The van der Waals surface area contributed by atoms with Gasteiger partial charge in [-0.05, 0) is 30.7 Å². The molecular formula is C14H19N3O2. The van der Waals surface area contributed by atoms with Crippen molar-refractivity contribution in [2.24, 2.45) is 0 Å². The van der Waals surface area contributed by atoms with Gasteiger partial charge in [0.15, 0.2) is 0 Å². The molecule has 0 spiro atoms. The van der Waals surface area contributed by atoms with Crippen LogP contribution in [0.3, 0.4) is 0 Å². The highest BCUT2D eigenvalue weighted by Gasteiger charge is 2.16. The van der Waals surface area contributed by atoms with Crippen LogP contribution in [0, 0.1) is 0 Å². The largest absolute Gasteiger partial charge is 0.378 e. The quantitative estimate of drug-likeness (QED) is 0.867. The highest BCUT2D eigenvalue weighted by atomic mass is 16.5. The second-order valence-electron chi connectivity index (χ2n) is 4.91. The lowest BCUT2D eigenvalue weighted by Crippen LogP contribution is -2.46. The summed E-state index contributed by atoms with van der Waals surface area (Å²) in [5.74, 6) is 0.100. The summed E-state index contributed by atoms with van der Waals surface area (Å²) in [6.07, 6.45) is 1.54. The summed E-state index contributed by atoms with van der Waals surface area (Å²) in [7, 11) is 0. The third-order valence-electron chi connectivity index (χ3n) is 3.58. The van der Waals surface area contributed by atoms with Crippen LogP contribution in [-0.4, -0.2) is 38.8 Å². The van der Waals surface area contributed by atoms with Crippen LogP contribution in [0.15, 0.2) is 24.3 Å². The third kappa shape index (κ3) is 2.81. The number of benzene rings is 1. The fraction of sp³-hybridized carbons (Fsp3) is 0.500. The molecule has 0 bridgehead atoms. The predicted octanol–water partition coefficient (Wildman–Crippen LogP) is 1.15. The van der Waals surface area contributed by atoms with Gasteiger partial charge in [0, 0.05) is 31.7 Å². The Bertz CT molecular complexity index is 441. The van der Waals surface area contributed by atoms with Crippen molar-refractivity contribution in [3.05, 3.63) is 24.3 Å². The Kier molecular flexibility index (Phi) is 3.55. The molecule has 0 aliphatic carbocycles. The summed E-state index contributed by atoms with van der Waals surface area (Å²) in [6.45, 7) is 4.36. The Hall–Kier alpha value is -1.75. The molecule has 0 unspecified atom stereocenters. The van der Waals surface area contributed by atoms with Crippen molar-refractivity contribution in [3.8, 4) is 0 Å².